The number of hydrogen-bond acceptors (Lipinski definition) is 4. The molecular weight excluding hydrogens is 340 g/mol. The SMILES string of the molecule is CN=C(NCc1ccccc1OC(C)(C)C)NCC1CCCN1CCOC. The molecule has 1 aliphatic rings. The number of methoxy groups -OCH3 is 1. The molecule has 6 nitrogen and oxygen atoms in total. The van der Waals surface area contributed by atoms with E-state index >= 15 is 0 Å². The third-order valence-corrected chi connectivity index (χ3v) is 4.65. The van der Waals surface area contributed by atoms with Crippen molar-refractivity contribution in [3.63, 3.8) is 0 Å². The highest BCUT2D eigenvalue weighted by Gasteiger charge is 2.24. The number of ether oxygens (including phenoxy) is 2. The van der Waals surface area contributed by atoms with Crippen LogP contribution in [0.4, 0.5) is 0 Å². The second kappa shape index (κ2) is 10.5. The Hall–Kier alpha value is -1.79. The summed E-state index contributed by atoms with van der Waals surface area (Å²) in [5.41, 5.74) is 0.905. The Bertz CT molecular complexity index is 598. The maximum absolute atomic E-state index is 6.07. The smallest absolute Gasteiger partial charge is 0.191 e. The van der Waals surface area contributed by atoms with Crippen molar-refractivity contribution >= 4 is 5.96 Å². The van der Waals surface area contributed by atoms with Gasteiger partial charge in [0.1, 0.15) is 11.4 Å². The first-order valence-electron chi connectivity index (χ1n) is 9.87. The number of benzene rings is 1. The van der Waals surface area contributed by atoms with Crippen LogP contribution in [0.2, 0.25) is 0 Å². The average molecular weight is 377 g/mol. The summed E-state index contributed by atoms with van der Waals surface area (Å²) in [5.74, 6) is 1.73. The topological polar surface area (TPSA) is 58.1 Å². The Morgan fingerprint density at radius 3 is 2.74 bits per heavy atom. The Balaban J connectivity index is 1.86. The first kappa shape index (κ1) is 21.5. The van der Waals surface area contributed by atoms with E-state index in [0.29, 0.717) is 12.6 Å². The summed E-state index contributed by atoms with van der Waals surface area (Å²) in [7, 11) is 3.57. The molecule has 2 rings (SSSR count). The molecule has 2 N–H and O–H groups in total. The normalized spacial score (nSPS) is 18.6. The minimum Gasteiger partial charge on any atom is -0.488 e. The maximum atomic E-state index is 6.07. The predicted molar refractivity (Wildman–Crippen MR) is 111 cm³/mol. The lowest BCUT2D eigenvalue weighted by Crippen LogP contribution is -2.45. The highest BCUT2D eigenvalue weighted by Crippen LogP contribution is 2.22. The second-order valence-corrected chi connectivity index (χ2v) is 7.95. The van der Waals surface area contributed by atoms with Gasteiger partial charge in [0, 0.05) is 45.4 Å². The molecular formula is C21H36N4O2. The van der Waals surface area contributed by atoms with E-state index in [1.807, 2.05) is 25.2 Å². The van der Waals surface area contributed by atoms with Crippen molar-refractivity contribution in [2.75, 3.05) is 40.4 Å². The van der Waals surface area contributed by atoms with E-state index in [1.165, 1.54) is 12.8 Å². The molecule has 1 atom stereocenters. The lowest BCUT2D eigenvalue weighted by Gasteiger charge is -2.25. The van der Waals surface area contributed by atoms with Gasteiger partial charge in [-0.15, -0.1) is 0 Å². The van der Waals surface area contributed by atoms with Gasteiger partial charge in [0.15, 0.2) is 5.96 Å². The molecule has 1 aliphatic heterocycles. The molecule has 1 aromatic carbocycles. The van der Waals surface area contributed by atoms with Crippen molar-refractivity contribution in [3.05, 3.63) is 29.8 Å². The van der Waals surface area contributed by atoms with Crippen molar-refractivity contribution in [3.8, 4) is 5.75 Å². The second-order valence-electron chi connectivity index (χ2n) is 7.95. The average Bonchev–Trinajstić information content (AvgIpc) is 3.07. The van der Waals surface area contributed by atoms with E-state index in [9.17, 15) is 0 Å². The number of nitrogens with zero attached hydrogens (tertiary/aromatic N) is 2. The van der Waals surface area contributed by atoms with E-state index in [0.717, 1.165) is 43.5 Å². The highest BCUT2D eigenvalue weighted by molar-refractivity contribution is 5.79. The fourth-order valence-corrected chi connectivity index (χ4v) is 3.32. The Morgan fingerprint density at radius 1 is 1.26 bits per heavy atom. The van der Waals surface area contributed by atoms with E-state index in [2.05, 4.69) is 47.4 Å². The lowest BCUT2D eigenvalue weighted by atomic mass is 10.1. The van der Waals surface area contributed by atoms with Crippen LogP contribution in [0.1, 0.15) is 39.2 Å². The standard InChI is InChI=1S/C21H36N4O2/c1-21(2,3)27-19-11-7-6-9-17(19)15-23-20(22-4)24-16-18-10-8-12-25(18)13-14-26-5/h6-7,9,11,18H,8,10,12-16H2,1-5H3,(H2,22,23,24). The van der Waals surface area contributed by atoms with Gasteiger partial charge in [-0.3, -0.25) is 9.89 Å². The molecule has 152 valence electrons. The largest absolute Gasteiger partial charge is 0.488 e. The van der Waals surface area contributed by atoms with Crippen LogP contribution in [-0.4, -0.2) is 62.9 Å². The molecule has 1 aromatic rings. The quantitative estimate of drug-likeness (QED) is 0.540. The van der Waals surface area contributed by atoms with Gasteiger partial charge in [-0.25, -0.2) is 0 Å². The number of likely N-dealkylation sites (tertiary alicyclic amines) is 1. The zero-order valence-electron chi connectivity index (χ0n) is 17.5. The highest BCUT2D eigenvalue weighted by atomic mass is 16.5. The van der Waals surface area contributed by atoms with E-state index < -0.39 is 0 Å². The van der Waals surface area contributed by atoms with Crippen LogP contribution >= 0.6 is 0 Å². The van der Waals surface area contributed by atoms with Crippen LogP contribution in [-0.2, 0) is 11.3 Å². The summed E-state index contributed by atoms with van der Waals surface area (Å²) in [6, 6.07) is 8.69. The number of aliphatic imine (C=N–C) groups is 1. The van der Waals surface area contributed by atoms with Gasteiger partial charge in [-0.2, -0.15) is 0 Å². The van der Waals surface area contributed by atoms with E-state index in [4.69, 9.17) is 9.47 Å². The Labute approximate surface area is 164 Å². The van der Waals surface area contributed by atoms with Crippen molar-refractivity contribution < 1.29 is 9.47 Å². The van der Waals surface area contributed by atoms with Crippen molar-refractivity contribution in [2.45, 2.75) is 51.8 Å². The Morgan fingerprint density at radius 2 is 2.04 bits per heavy atom. The van der Waals surface area contributed by atoms with Crippen LogP contribution in [0.25, 0.3) is 0 Å². The number of hydrogen-bond donors (Lipinski definition) is 2. The van der Waals surface area contributed by atoms with Gasteiger partial charge in [0.25, 0.3) is 0 Å². The molecule has 1 fully saturated rings. The molecule has 0 amide bonds. The number of nitrogens with one attached hydrogen (secondary N) is 2. The van der Waals surface area contributed by atoms with Crippen LogP contribution in [0.5, 0.6) is 5.75 Å². The summed E-state index contributed by atoms with van der Waals surface area (Å²) < 4.78 is 11.3. The fraction of sp³-hybridized carbons (Fsp3) is 0.667. The lowest BCUT2D eigenvalue weighted by molar-refractivity contribution is 0.129. The molecule has 0 radical (unpaired) electrons. The predicted octanol–water partition coefficient (Wildman–Crippen LogP) is 2.64. The molecule has 6 heteroatoms. The molecule has 1 heterocycles. The maximum Gasteiger partial charge on any atom is 0.191 e. The number of guanidine groups is 1. The molecule has 0 bridgehead atoms. The van der Waals surface area contributed by atoms with E-state index in [1.54, 1.807) is 7.11 Å². The van der Waals surface area contributed by atoms with Crippen LogP contribution in [0, 0.1) is 0 Å². The first-order chi connectivity index (χ1) is 12.9. The molecule has 1 unspecified atom stereocenters. The molecule has 27 heavy (non-hydrogen) atoms. The zero-order chi connectivity index (χ0) is 19.7. The summed E-state index contributed by atoms with van der Waals surface area (Å²) in [4.78, 5) is 6.86. The third kappa shape index (κ3) is 7.39. The van der Waals surface area contributed by atoms with Gasteiger partial charge in [-0.1, -0.05) is 18.2 Å². The molecule has 1 saturated heterocycles. The van der Waals surface area contributed by atoms with Crippen LogP contribution < -0.4 is 15.4 Å². The third-order valence-electron chi connectivity index (χ3n) is 4.65. The minimum atomic E-state index is -0.218. The number of rotatable bonds is 8. The van der Waals surface area contributed by atoms with Crippen LogP contribution in [0.3, 0.4) is 0 Å². The van der Waals surface area contributed by atoms with Gasteiger partial charge in [0.2, 0.25) is 0 Å². The minimum absolute atomic E-state index is 0.218. The van der Waals surface area contributed by atoms with Crippen LogP contribution in [0.15, 0.2) is 29.3 Å². The molecule has 0 aliphatic carbocycles. The summed E-state index contributed by atoms with van der Waals surface area (Å²) in [6.45, 7) is 10.7. The van der Waals surface area contributed by atoms with Gasteiger partial charge in [-0.05, 0) is 46.2 Å². The molecule has 0 spiro atoms. The van der Waals surface area contributed by atoms with Crippen molar-refractivity contribution in [1.29, 1.82) is 0 Å². The molecule has 0 saturated carbocycles. The summed E-state index contributed by atoms with van der Waals surface area (Å²) in [5, 5.41) is 6.88. The first-order valence-corrected chi connectivity index (χ1v) is 9.87. The summed E-state index contributed by atoms with van der Waals surface area (Å²) >= 11 is 0. The van der Waals surface area contributed by atoms with Gasteiger partial charge in [0.05, 0.1) is 6.61 Å². The van der Waals surface area contributed by atoms with Gasteiger partial charge < -0.3 is 20.1 Å². The monoisotopic (exact) mass is 376 g/mol. The fourth-order valence-electron chi connectivity index (χ4n) is 3.32. The molecule has 0 aromatic heterocycles. The van der Waals surface area contributed by atoms with Crippen molar-refractivity contribution in [2.24, 2.45) is 4.99 Å². The van der Waals surface area contributed by atoms with Gasteiger partial charge >= 0.3 is 0 Å². The van der Waals surface area contributed by atoms with E-state index in [-0.39, 0.29) is 5.60 Å². The zero-order valence-corrected chi connectivity index (χ0v) is 17.5. The Kier molecular flexibility index (Phi) is 8.38. The summed E-state index contributed by atoms with van der Waals surface area (Å²) in [6.07, 6.45) is 2.47. The number of para-hydroxylation sites is 1. The van der Waals surface area contributed by atoms with Crippen molar-refractivity contribution in [1.82, 2.24) is 15.5 Å².